The van der Waals surface area contributed by atoms with E-state index in [9.17, 15) is 10.1 Å². The van der Waals surface area contributed by atoms with E-state index in [-0.39, 0.29) is 18.3 Å². The van der Waals surface area contributed by atoms with Gasteiger partial charge in [-0.1, -0.05) is 0 Å². The SMILES string of the molecule is COCOc1ccc(Nc2ncccc2[N+](=O)[O-])cc1. The minimum atomic E-state index is -0.481. The highest BCUT2D eigenvalue weighted by molar-refractivity contribution is 5.65. The molecule has 1 N–H and O–H groups in total. The average molecular weight is 275 g/mol. The predicted molar refractivity (Wildman–Crippen MR) is 73.1 cm³/mol. The molecule has 1 heterocycles. The maximum atomic E-state index is 10.9. The van der Waals surface area contributed by atoms with Crippen LogP contribution in [0.5, 0.6) is 5.75 Å². The highest BCUT2D eigenvalue weighted by Gasteiger charge is 2.13. The van der Waals surface area contributed by atoms with Gasteiger partial charge in [-0.05, 0) is 30.3 Å². The zero-order valence-electron chi connectivity index (χ0n) is 10.8. The van der Waals surface area contributed by atoms with E-state index in [0.29, 0.717) is 11.4 Å². The molecule has 0 aliphatic carbocycles. The summed E-state index contributed by atoms with van der Waals surface area (Å²) in [6, 6.07) is 9.86. The Morgan fingerprint density at radius 1 is 1.30 bits per heavy atom. The molecule has 20 heavy (non-hydrogen) atoms. The fourth-order valence-corrected chi connectivity index (χ4v) is 1.54. The van der Waals surface area contributed by atoms with E-state index in [2.05, 4.69) is 10.3 Å². The average Bonchev–Trinajstić information content (AvgIpc) is 2.47. The molecular formula is C13H13N3O4. The zero-order chi connectivity index (χ0) is 14.4. The number of ether oxygens (including phenoxy) is 2. The lowest BCUT2D eigenvalue weighted by atomic mass is 10.3. The topological polar surface area (TPSA) is 86.5 Å². The quantitative estimate of drug-likeness (QED) is 0.495. The van der Waals surface area contributed by atoms with Crippen molar-refractivity contribution >= 4 is 17.2 Å². The normalized spacial score (nSPS) is 10.1. The van der Waals surface area contributed by atoms with Crippen LogP contribution in [0, 0.1) is 10.1 Å². The van der Waals surface area contributed by atoms with Crippen molar-refractivity contribution in [3.05, 3.63) is 52.7 Å². The summed E-state index contributed by atoms with van der Waals surface area (Å²) in [4.78, 5) is 14.4. The maximum absolute atomic E-state index is 10.9. The van der Waals surface area contributed by atoms with Gasteiger partial charge in [-0.25, -0.2) is 4.98 Å². The Bertz CT molecular complexity index is 586. The van der Waals surface area contributed by atoms with Gasteiger partial charge in [0, 0.05) is 25.1 Å². The third-order valence-electron chi connectivity index (χ3n) is 2.44. The van der Waals surface area contributed by atoms with Crippen molar-refractivity contribution < 1.29 is 14.4 Å². The third-order valence-corrected chi connectivity index (χ3v) is 2.44. The number of nitrogens with one attached hydrogen (secondary N) is 1. The summed E-state index contributed by atoms with van der Waals surface area (Å²) in [5.74, 6) is 0.844. The van der Waals surface area contributed by atoms with Crippen LogP contribution in [0.15, 0.2) is 42.6 Å². The molecule has 0 unspecified atom stereocenters. The molecule has 2 rings (SSSR count). The van der Waals surface area contributed by atoms with Crippen LogP contribution in [0.25, 0.3) is 0 Å². The number of nitro groups is 1. The largest absolute Gasteiger partial charge is 0.468 e. The number of anilines is 2. The molecule has 0 bridgehead atoms. The number of pyridine rings is 1. The van der Waals surface area contributed by atoms with Crippen molar-refractivity contribution in [2.24, 2.45) is 0 Å². The van der Waals surface area contributed by atoms with E-state index in [0.717, 1.165) is 0 Å². The zero-order valence-corrected chi connectivity index (χ0v) is 10.8. The van der Waals surface area contributed by atoms with Gasteiger partial charge in [0.1, 0.15) is 5.75 Å². The van der Waals surface area contributed by atoms with Crippen molar-refractivity contribution in [3.8, 4) is 5.75 Å². The minimum absolute atomic E-state index is 0.0767. The Morgan fingerprint density at radius 3 is 2.70 bits per heavy atom. The summed E-state index contributed by atoms with van der Waals surface area (Å²) in [6.07, 6.45) is 1.49. The first-order valence-corrected chi connectivity index (χ1v) is 5.79. The van der Waals surface area contributed by atoms with Crippen LogP contribution in [0.2, 0.25) is 0 Å². The number of benzene rings is 1. The molecule has 0 radical (unpaired) electrons. The number of aromatic nitrogens is 1. The molecule has 0 amide bonds. The molecule has 104 valence electrons. The smallest absolute Gasteiger partial charge is 0.311 e. The van der Waals surface area contributed by atoms with Gasteiger partial charge >= 0.3 is 5.69 Å². The van der Waals surface area contributed by atoms with Crippen LogP contribution in [-0.4, -0.2) is 23.8 Å². The van der Waals surface area contributed by atoms with E-state index in [1.54, 1.807) is 24.3 Å². The lowest BCUT2D eigenvalue weighted by Gasteiger charge is -2.08. The highest BCUT2D eigenvalue weighted by atomic mass is 16.7. The summed E-state index contributed by atoms with van der Waals surface area (Å²) in [6.45, 7) is 0.165. The molecule has 0 aliphatic heterocycles. The van der Waals surface area contributed by atoms with Crippen molar-refractivity contribution in [2.75, 3.05) is 19.2 Å². The van der Waals surface area contributed by atoms with Gasteiger partial charge in [0.05, 0.1) is 4.92 Å². The van der Waals surface area contributed by atoms with Crippen LogP contribution >= 0.6 is 0 Å². The van der Waals surface area contributed by atoms with E-state index < -0.39 is 4.92 Å². The summed E-state index contributed by atoms with van der Waals surface area (Å²) in [7, 11) is 1.54. The van der Waals surface area contributed by atoms with Gasteiger partial charge in [-0.3, -0.25) is 10.1 Å². The number of rotatable bonds is 6. The van der Waals surface area contributed by atoms with Gasteiger partial charge in [0.25, 0.3) is 0 Å². The lowest BCUT2D eigenvalue weighted by Crippen LogP contribution is -2.00. The monoisotopic (exact) mass is 275 g/mol. The predicted octanol–water partition coefficient (Wildman–Crippen LogP) is 2.72. The molecule has 7 heteroatoms. The van der Waals surface area contributed by atoms with E-state index in [1.807, 2.05) is 0 Å². The van der Waals surface area contributed by atoms with Crippen LogP contribution in [0.1, 0.15) is 0 Å². The molecular weight excluding hydrogens is 262 g/mol. The standard InChI is InChI=1S/C13H13N3O4/c1-19-9-20-11-6-4-10(5-7-11)15-13-12(16(17)18)3-2-8-14-13/h2-8H,9H2,1H3,(H,14,15). The van der Waals surface area contributed by atoms with Gasteiger partial charge in [-0.2, -0.15) is 0 Å². The highest BCUT2D eigenvalue weighted by Crippen LogP contribution is 2.25. The molecule has 2 aromatic rings. The van der Waals surface area contributed by atoms with Gasteiger partial charge in [0.2, 0.25) is 5.82 Å². The first-order chi connectivity index (χ1) is 9.70. The first kappa shape index (κ1) is 13.8. The molecule has 0 saturated carbocycles. The molecule has 7 nitrogen and oxygen atoms in total. The number of hydrogen-bond donors (Lipinski definition) is 1. The Morgan fingerprint density at radius 2 is 2.05 bits per heavy atom. The Balaban J connectivity index is 2.12. The van der Waals surface area contributed by atoms with Gasteiger partial charge < -0.3 is 14.8 Å². The second kappa shape index (κ2) is 6.48. The second-order valence-corrected chi connectivity index (χ2v) is 3.83. The number of hydrogen-bond acceptors (Lipinski definition) is 6. The fraction of sp³-hybridized carbons (Fsp3) is 0.154. The summed E-state index contributed by atoms with van der Waals surface area (Å²) >= 11 is 0. The van der Waals surface area contributed by atoms with E-state index >= 15 is 0 Å². The lowest BCUT2D eigenvalue weighted by molar-refractivity contribution is -0.384. The molecule has 0 fully saturated rings. The molecule has 0 atom stereocenters. The van der Waals surface area contributed by atoms with Crippen LogP contribution in [0.3, 0.4) is 0 Å². The van der Waals surface area contributed by atoms with Crippen molar-refractivity contribution in [2.45, 2.75) is 0 Å². The summed E-state index contributed by atoms with van der Waals surface area (Å²) < 4.78 is 10.0. The molecule has 1 aromatic carbocycles. The third kappa shape index (κ3) is 3.42. The minimum Gasteiger partial charge on any atom is -0.468 e. The summed E-state index contributed by atoms with van der Waals surface area (Å²) in [5.41, 5.74) is 0.601. The maximum Gasteiger partial charge on any atom is 0.311 e. The number of nitrogens with zero attached hydrogens (tertiary/aromatic N) is 2. The van der Waals surface area contributed by atoms with Gasteiger partial charge in [0.15, 0.2) is 6.79 Å². The van der Waals surface area contributed by atoms with E-state index in [1.165, 1.54) is 25.4 Å². The Kier molecular flexibility index (Phi) is 4.46. The second-order valence-electron chi connectivity index (χ2n) is 3.83. The van der Waals surface area contributed by atoms with Crippen molar-refractivity contribution in [3.63, 3.8) is 0 Å². The molecule has 0 aliphatic rings. The number of methoxy groups -OCH3 is 1. The summed E-state index contributed by atoms with van der Waals surface area (Å²) in [5, 5.41) is 13.8. The van der Waals surface area contributed by atoms with Crippen LogP contribution in [0.4, 0.5) is 17.2 Å². The molecule has 1 aromatic heterocycles. The fourth-order valence-electron chi connectivity index (χ4n) is 1.54. The first-order valence-electron chi connectivity index (χ1n) is 5.79. The molecule has 0 saturated heterocycles. The van der Waals surface area contributed by atoms with Crippen molar-refractivity contribution in [1.29, 1.82) is 0 Å². The van der Waals surface area contributed by atoms with Crippen LogP contribution < -0.4 is 10.1 Å². The Hall–Kier alpha value is -2.67. The van der Waals surface area contributed by atoms with Crippen molar-refractivity contribution in [1.82, 2.24) is 4.98 Å². The Labute approximate surface area is 115 Å². The van der Waals surface area contributed by atoms with Gasteiger partial charge in [-0.15, -0.1) is 0 Å². The van der Waals surface area contributed by atoms with Crippen LogP contribution in [-0.2, 0) is 4.74 Å². The van der Waals surface area contributed by atoms with E-state index in [4.69, 9.17) is 9.47 Å². The molecule has 0 spiro atoms.